The molecule has 1 aromatic rings. The number of amides is 1. The smallest absolute Gasteiger partial charge is 0.325 e. The lowest BCUT2D eigenvalue weighted by molar-refractivity contribution is -0.137. The van der Waals surface area contributed by atoms with E-state index in [0.29, 0.717) is 6.42 Å². The molecular weight excluding hydrogens is 297 g/mol. The van der Waals surface area contributed by atoms with Crippen molar-refractivity contribution in [3.8, 4) is 6.07 Å². The summed E-state index contributed by atoms with van der Waals surface area (Å²) >= 11 is 0. The highest BCUT2D eigenvalue weighted by Gasteiger charge is 2.30. The Morgan fingerprint density at radius 3 is 2.36 bits per heavy atom. The number of hydrogen-bond donors (Lipinski definition) is 1. The van der Waals surface area contributed by atoms with Gasteiger partial charge in [0.1, 0.15) is 0 Å². The topological polar surface area (TPSA) is 70.0 Å². The van der Waals surface area contributed by atoms with E-state index in [1.54, 1.807) is 6.07 Å². The predicted molar refractivity (Wildman–Crippen MR) is 73.6 cm³/mol. The van der Waals surface area contributed by atoms with Gasteiger partial charge in [-0.15, -0.1) is 6.58 Å². The van der Waals surface area contributed by atoms with Gasteiger partial charge in [0, 0.05) is 12.1 Å². The molecule has 4 nitrogen and oxygen atoms in total. The van der Waals surface area contributed by atoms with Crippen LogP contribution in [0.2, 0.25) is 0 Å². The average Bonchev–Trinajstić information content (AvgIpc) is 2.45. The van der Waals surface area contributed by atoms with E-state index in [1.165, 1.54) is 6.08 Å². The van der Waals surface area contributed by atoms with Crippen LogP contribution in [0.15, 0.2) is 36.9 Å². The lowest BCUT2D eigenvalue weighted by Gasteiger charge is -2.11. The number of carbonyl (C=O) groups excluding carboxylic acids is 2. The summed E-state index contributed by atoms with van der Waals surface area (Å²) in [6.07, 6.45) is -2.65. The lowest BCUT2D eigenvalue weighted by atomic mass is 10.0. The molecule has 1 aromatic carbocycles. The Labute approximate surface area is 125 Å². The van der Waals surface area contributed by atoms with Crippen LogP contribution in [0.25, 0.3) is 0 Å². The maximum Gasteiger partial charge on any atom is 0.416 e. The summed E-state index contributed by atoms with van der Waals surface area (Å²) in [7, 11) is 0. The Morgan fingerprint density at radius 1 is 1.32 bits per heavy atom. The van der Waals surface area contributed by atoms with Gasteiger partial charge in [-0.2, -0.15) is 18.4 Å². The number of ketones is 1. The van der Waals surface area contributed by atoms with E-state index < -0.39 is 29.3 Å². The van der Waals surface area contributed by atoms with Crippen molar-refractivity contribution < 1.29 is 22.8 Å². The Morgan fingerprint density at radius 2 is 1.91 bits per heavy atom. The van der Waals surface area contributed by atoms with Crippen molar-refractivity contribution >= 4 is 17.4 Å². The summed E-state index contributed by atoms with van der Waals surface area (Å²) in [4.78, 5) is 23.5. The van der Waals surface area contributed by atoms with Crippen LogP contribution < -0.4 is 5.32 Å². The quantitative estimate of drug-likeness (QED) is 0.647. The van der Waals surface area contributed by atoms with Gasteiger partial charge in [-0.1, -0.05) is 6.08 Å². The second kappa shape index (κ2) is 7.41. The Kier molecular flexibility index (Phi) is 5.87. The fourth-order valence-corrected chi connectivity index (χ4v) is 1.62. The summed E-state index contributed by atoms with van der Waals surface area (Å²) < 4.78 is 37.2. The van der Waals surface area contributed by atoms with Crippen LogP contribution >= 0.6 is 0 Å². The van der Waals surface area contributed by atoms with Gasteiger partial charge >= 0.3 is 6.18 Å². The number of rotatable bonds is 6. The third-order valence-corrected chi connectivity index (χ3v) is 2.79. The van der Waals surface area contributed by atoms with Gasteiger partial charge in [-0.05, 0) is 30.7 Å². The third kappa shape index (κ3) is 4.74. The van der Waals surface area contributed by atoms with Crippen LogP contribution in [0.5, 0.6) is 0 Å². The number of nitrogens with one attached hydrogen (secondary N) is 1. The van der Waals surface area contributed by atoms with Crippen molar-refractivity contribution in [3.63, 3.8) is 0 Å². The molecule has 0 saturated heterocycles. The van der Waals surface area contributed by atoms with E-state index >= 15 is 0 Å². The van der Waals surface area contributed by atoms with Crippen molar-refractivity contribution in [3.05, 3.63) is 42.5 Å². The molecule has 7 heteroatoms. The predicted octanol–water partition coefficient (Wildman–Crippen LogP) is 3.32. The molecule has 1 N–H and O–H groups in total. The minimum atomic E-state index is -4.47. The zero-order chi connectivity index (χ0) is 16.8. The fourth-order valence-electron chi connectivity index (χ4n) is 1.62. The van der Waals surface area contributed by atoms with Crippen LogP contribution in [0.4, 0.5) is 18.9 Å². The van der Waals surface area contributed by atoms with E-state index in [2.05, 4.69) is 11.9 Å². The number of alkyl halides is 3. The van der Waals surface area contributed by atoms with Crippen LogP contribution in [0.3, 0.4) is 0 Å². The Hall–Kier alpha value is -2.62. The second-order valence-electron chi connectivity index (χ2n) is 4.42. The Balaban J connectivity index is 2.76. The molecule has 0 aromatic heterocycles. The van der Waals surface area contributed by atoms with Crippen LogP contribution in [-0.2, 0) is 15.8 Å². The van der Waals surface area contributed by atoms with Crippen LogP contribution in [0, 0.1) is 17.2 Å². The molecular formula is C15H13F3N2O2. The van der Waals surface area contributed by atoms with Crippen molar-refractivity contribution in [1.82, 2.24) is 0 Å². The number of nitrogens with zero attached hydrogens (tertiary/aromatic N) is 1. The number of allylic oxidation sites excluding steroid dienone is 1. The molecule has 0 aliphatic rings. The fraction of sp³-hybridized carbons (Fsp3) is 0.267. The molecule has 116 valence electrons. The normalized spacial score (nSPS) is 12.1. The van der Waals surface area contributed by atoms with Gasteiger partial charge in [0.15, 0.2) is 11.7 Å². The molecule has 22 heavy (non-hydrogen) atoms. The largest absolute Gasteiger partial charge is 0.416 e. The zero-order valence-electron chi connectivity index (χ0n) is 11.5. The van der Waals surface area contributed by atoms with E-state index in [-0.39, 0.29) is 12.1 Å². The van der Waals surface area contributed by atoms with E-state index in [0.717, 1.165) is 24.3 Å². The third-order valence-electron chi connectivity index (χ3n) is 2.79. The number of carbonyl (C=O) groups is 2. The second-order valence-corrected chi connectivity index (χ2v) is 4.42. The van der Waals surface area contributed by atoms with Gasteiger partial charge in [0.05, 0.1) is 11.6 Å². The van der Waals surface area contributed by atoms with Gasteiger partial charge in [0.2, 0.25) is 5.91 Å². The maximum absolute atomic E-state index is 12.4. The lowest BCUT2D eigenvalue weighted by Crippen LogP contribution is -2.28. The highest BCUT2D eigenvalue weighted by Crippen LogP contribution is 2.29. The molecule has 0 aliphatic carbocycles. The first-order chi connectivity index (χ1) is 10.3. The minimum absolute atomic E-state index is 0.00214. The summed E-state index contributed by atoms with van der Waals surface area (Å²) in [6.45, 7) is 3.43. The van der Waals surface area contributed by atoms with Gasteiger partial charge in [0.25, 0.3) is 0 Å². The maximum atomic E-state index is 12.4. The summed E-state index contributed by atoms with van der Waals surface area (Å²) in [5.41, 5.74) is -0.779. The van der Waals surface area contributed by atoms with Gasteiger partial charge in [-0.3, -0.25) is 9.59 Å². The molecule has 1 unspecified atom stereocenters. The average molecular weight is 310 g/mol. The van der Waals surface area contributed by atoms with Crippen molar-refractivity contribution in [1.29, 1.82) is 5.26 Å². The molecule has 0 bridgehead atoms. The zero-order valence-corrected chi connectivity index (χ0v) is 11.5. The van der Waals surface area contributed by atoms with Crippen molar-refractivity contribution in [2.45, 2.75) is 19.0 Å². The van der Waals surface area contributed by atoms with E-state index in [1.807, 2.05) is 0 Å². The molecule has 0 saturated carbocycles. The molecule has 0 radical (unpaired) electrons. The SMILES string of the molecule is C=CCCC(=O)C(C#N)C(=O)Nc1ccc(C(F)(F)F)cc1. The molecule has 1 amide bonds. The van der Waals surface area contributed by atoms with E-state index in [9.17, 15) is 22.8 Å². The van der Waals surface area contributed by atoms with Gasteiger partial charge < -0.3 is 5.32 Å². The minimum Gasteiger partial charge on any atom is -0.325 e. The monoisotopic (exact) mass is 310 g/mol. The van der Waals surface area contributed by atoms with Crippen molar-refractivity contribution in [2.24, 2.45) is 5.92 Å². The number of Topliss-reactive ketones (excluding diaryl/α,β-unsaturated/α-hetero) is 1. The molecule has 1 atom stereocenters. The van der Waals surface area contributed by atoms with E-state index in [4.69, 9.17) is 5.26 Å². The van der Waals surface area contributed by atoms with Gasteiger partial charge in [-0.25, -0.2) is 0 Å². The first-order valence-corrected chi connectivity index (χ1v) is 6.31. The summed E-state index contributed by atoms with van der Waals surface area (Å²) in [5, 5.41) is 11.1. The van der Waals surface area contributed by atoms with Crippen LogP contribution in [0.1, 0.15) is 18.4 Å². The number of hydrogen-bond acceptors (Lipinski definition) is 3. The molecule has 0 aliphatic heterocycles. The first kappa shape index (κ1) is 17.4. The van der Waals surface area contributed by atoms with Crippen LogP contribution in [-0.4, -0.2) is 11.7 Å². The first-order valence-electron chi connectivity index (χ1n) is 6.31. The number of anilines is 1. The summed E-state index contributed by atoms with van der Waals surface area (Å²) in [6, 6.07) is 5.31. The highest BCUT2D eigenvalue weighted by atomic mass is 19.4. The number of benzene rings is 1. The standard InChI is InChI=1S/C15H13F3N2O2/c1-2-3-4-13(21)12(9-19)14(22)20-11-7-5-10(6-8-11)15(16,17)18/h2,5-8,12H,1,3-4H2,(H,20,22). The Bertz CT molecular complexity index is 601. The number of nitriles is 1. The molecule has 0 fully saturated rings. The molecule has 0 spiro atoms. The highest BCUT2D eigenvalue weighted by molar-refractivity contribution is 6.09. The molecule has 1 rings (SSSR count). The molecule has 0 heterocycles. The summed E-state index contributed by atoms with van der Waals surface area (Å²) in [5.74, 6) is -2.93. The van der Waals surface area contributed by atoms with Crippen molar-refractivity contribution in [2.75, 3.05) is 5.32 Å². The number of halogens is 3.